The van der Waals surface area contributed by atoms with E-state index in [1.165, 1.54) is 12.0 Å². The van der Waals surface area contributed by atoms with Gasteiger partial charge in [0.05, 0.1) is 5.92 Å². The highest BCUT2D eigenvalue weighted by Gasteiger charge is 2.32. The third-order valence-corrected chi connectivity index (χ3v) is 5.79. The molecule has 1 atom stereocenters. The number of nitrogens with zero attached hydrogens (tertiary/aromatic N) is 1. The van der Waals surface area contributed by atoms with Crippen LogP contribution in [0, 0.1) is 6.92 Å². The van der Waals surface area contributed by atoms with Gasteiger partial charge in [-0.25, -0.2) is 0 Å². The highest BCUT2D eigenvalue weighted by atomic mass is 16.5. The topological polar surface area (TPSA) is 49.8 Å². The number of ether oxygens (including phenoxy) is 1. The number of carbonyl (C=O) groups excluding carboxylic acids is 1. The van der Waals surface area contributed by atoms with Crippen LogP contribution >= 0.6 is 0 Å². The lowest BCUT2D eigenvalue weighted by Gasteiger charge is -2.29. The van der Waals surface area contributed by atoms with E-state index in [2.05, 4.69) is 12.1 Å². The second-order valence-corrected chi connectivity index (χ2v) is 7.76. The number of benzene rings is 2. The van der Waals surface area contributed by atoms with Crippen molar-refractivity contribution in [2.24, 2.45) is 0 Å². The van der Waals surface area contributed by atoms with Crippen LogP contribution in [0.15, 0.2) is 36.4 Å². The number of carbonyl (C=O) groups is 1. The average Bonchev–Trinajstić information content (AvgIpc) is 3.10. The van der Waals surface area contributed by atoms with E-state index in [1.54, 1.807) is 6.07 Å². The molecule has 1 unspecified atom stereocenters. The minimum absolute atomic E-state index is 0.00768. The van der Waals surface area contributed by atoms with Crippen LogP contribution in [0.4, 0.5) is 0 Å². The molecule has 0 spiro atoms. The first-order valence-electron chi connectivity index (χ1n) is 9.95. The van der Waals surface area contributed by atoms with Crippen molar-refractivity contribution >= 4 is 5.91 Å². The van der Waals surface area contributed by atoms with Gasteiger partial charge in [-0.2, -0.15) is 0 Å². The van der Waals surface area contributed by atoms with Crippen LogP contribution in [-0.2, 0) is 17.8 Å². The van der Waals surface area contributed by atoms with Crippen LogP contribution in [0.5, 0.6) is 11.5 Å². The lowest BCUT2D eigenvalue weighted by molar-refractivity contribution is -0.133. The summed E-state index contributed by atoms with van der Waals surface area (Å²) in [7, 11) is 0. The molecule has 0 saturated carbocycles. The van der Waals surface area contributed by atoms with Gasteiger partial charge in [-0.1, -0.05) is 18.2 Å². The predicted molar refractivity (Wildman–Crippen MR) is 105 cm³/mol. The fraction of sp³-hybridized carbons (Fsp3) is 0.435. The van der Waals surface area contributed by atoms with Gasteiger partial charge in [0, 0.05) is 18.7 Å². The van der Waals surface area contributed by atoms with E-state index in [0.717, 1.165) is 61.2 Å². The summed E-state index contributed by atoms with van der Waals surface area (Å²) < 4.78 is 5.89. The lowest BCUT2D eigenvalue weighted by atomic mass is 9.98. The molecule has 0 bridgehead atoms. The standard InChI is InChI=1S/C23H27NO3/c1-16-5-6-18(22(25)13-16)15-27-19-8-10-20-17(14-19)7-9-21(20)23(26)24-11-3-2-4-12-24/h5-6,8,10,13-14,21,25H,2-4,7,9,11-12,15H2,1H3. The molecule has 2 aromatic rings. The highest BCUT2D eigenvalue weighted by molar-refractivity contribution is 5.85. The largest absolute Gasteiger partial charge is 0.508 e. The third kappa shape index (κ3) is 3.80. The quantitative estimate of drug-likeness (QED) is 0.878. The van der Waals surface area contributed by atoms with Crippen molar-refractivity contribution < 1.29 is 14.6 Å². The molecule has 0 radical (unpaired) electrons. The van der Waals surface area contributed by atoms with Gasteiger partial charge in [-0.3, -0.25) is 4.79 Å². The van der Waals surface area contributed by atoms with Crippen LogP contribution in [0.3, 0.4) is 0 Å². The number of rotatable bonds is 4. The number of likely N-dealkylation sites (tertiary alicyclic amines) is 1. The summed E-state index contributed by atoms with van der Waals surface area (Å²) in [5, 5.41) is 10.0. The molecule has 27 heavy (non-hydrogen) atoms. The van der Waals surface area contributed by atoms with E-state index in [9.17, 15) is 9.90 Å². The molecule has 4 nitrogen and oxygen atoms in total. The number of hydrogen-bond donors (Lipinski definition) is 1. The number of hydrogen-bond acceptors (Lipinski definition) is 3. The Morgan fingerprint density at radius 1 is 1.15 bits per heavy atom. The van der Waals surface area contributed by atoms with Crippen molar-refractivity contribution in [3.05, 3.63) is 58.7 Å². The molecule has 2 aliphatic rings. The Hall–Kier alpha value is -2.49. The summed E-state index contributed by atoms with van der Waals surface area (Å²) in [5.74, 6) is 1.36. The SMILES string of the molecule is Cc1ccc(COc2ccc3c(c2)CCC3C(=O)N2CCCCC2)c(O)c1. The Kier molecular flexibility index (Phi) is 5.06. The van der Waals surface area contributed by atoms with Gasteiger partial charge in [0.25, 0.3) is 0 Å². The third-order valence-electron chi connectivity index (χ3n) is 5.79. The second-order valence-electron chi connectivity index (χ2n) is 7.76. The van der Waals surface area contributed by atoms with Gasteiger partial charge in [0.1, 0.15) is 18.1 Å². The molecule has 1 N–H and O–H groups in total. The molecule has 142 valence electrons. The molecule has 1 saturated heterocycles. The molecular formula is C23H27NO3. The van der Waals surface area contributed by atoms with Crippen LogP contribution in [0.25, 0.3) is 0 Å². The van der Waals surface area contributed by atoms with E-state index in [1.807, 2.05) is 30.0 Å². The zero-order valence-electron chi connectivity index (χ0n) is 15.9. The number of amides is 1. The highest BCUT2D eigenvalue weighted by Crippen LogP contribution is 2.37. The zero-order valence-corrected chi connectivity index (χ0v) is 15.9. The number of fused-ring (bicyclic) bond motifs is 1. The summed E-state index contributed by atoms with van der Waals surface area (Å²) >= 11 is 0. The average molecular weight is 365 g/mol. The monoisotopic (exact) mass is 365 g/mol. The smallest absolute Gasteiger partial charge is 0.230 e. The normalized spacial score (nSPS) is 19.0. The maximum atomic E-state index is 12.9. The van der Waals surface area contributed by atoms with Crippen LogP contribution in [0.1, 0.15) is 53.9 Å². The summed E-state index contributed by atoms with van der Waals surface area (Å²) in [5.41, 5.74) is 4.18. The molecule has 4 rings (SSSR count). The molecule has 1 aliphatic carbocycles. The molecule has 1 aliphatic heterocycles. The van der Waals surface area contributed by atoms with Crippen LogP contribution in [-0.4, -0.2) is 29.0 Å². The van der Waals surface area contributed by atoms with Crippen LogP contribution < -0.4 is 4.74 Å². The molecule has 1 amide bonds. The summed E-state index contributed by atoms with van der Waals surface area (Å²) in [6.45, 7) is 4.10. The van der Waals surface area contributed by atoms with Crippen molar-refractivity contribution in [3.63, 3.8) is 0 Å². The zero-order chi connectivity index (χ0) is 18.8. The fourth-order valence-corrected chi connectivity index (χ4v) is 4.23. The van der Waals surface area contributed by atoms with E-state index in [0.29, 0.717) is 12.5 Å². The first kappa shape index (κ1) is 17.9. The Balaban J connectivity index is 1.44. The fourth-order valence-electron chi connectivity index (χ4n) is 4.23. The molecule has 0 aromatic heterocycles. The molecule has 4 heteroatoms. The Bertz CT molecular complexity index is 840. The van der Waals surface area contributed by atoms with Gasteiger partial charge in [0.15, 0.2) is 0 Å². The maximum absolute atomic E-state index is 12.9. The van der Waals surface area contributed by atoms with Crippen molar-refractivity contribution in [1.82, 2.24) is 4.90 Å². The maximum Gasteiger partial charge on any atom is 0.230 e. The molecule has 1 heterocycles. The van der Waals surface area contributed by atoms with Crippen molar-refractivity contribution in [3.8, 4) is 11.5 Å². The number of piperidine rings is 1. The van der Waals surface area contributed by atoms with E-state index < -0.39 is 0 Å². The van der Waals surface area contributed by atoms with Gasteiger partial charge < -0.3 is 14.7 Å². The molecule has 2 aromatic carbocycles. The van der Waals surface area contributed by atoms with E-state index in [4.69, 9.17) is 4.74 Å². The Labute approximate surface area is 160 Å². The number of aromatic hydroxyl groups is 1. The number of aryl methyl sites for hydroxylation is 2. The minimum Gasteiger partial charge on any atom is -0.508 e. The lowest BCUT2D eigenvalue weighted by Crippen LogP contribution is -2.38. The van der Waals surface area contributed by atoms with Gasteiger partial charge >= 0.3 is 0 Å². The molecule has 1 fully saturated rings. The summed E-state index contributed by atoms with van der Waals surface area (Å²) in [6.07, 6.45) is 5.32. The van der Waals surface area contributed by atoms with E-state index in [-0.39, 0.29) is 11.7 Å². The summed E-state index contributed by atoms with van der Waals surface area (Å²) in [6, 6.07) is 11.7. The van der Waals surface area contributed by atoms with Gasteiger partial charge in [-0.15, -0.1) is 0 Å². The first-order valence-corrected chi connectivity index (χ1v) is 9.95. The first-order chi connectivity index (χ1) is 13.1. The second kappa shape index (κ2) is 7.63. The Morgan fingerprint density at radius 3 is 2.74 bits per heavy atom. The van der Waals surface area contributed by atoms with Crippen LogP contribution in [0.2, 0.25) is 0 Å². The number of phenols is 1. The van der Waals surface area contributed by atoms with Gasteiger partial charge in [-0.05, 0) is 73.9 Å². The number of phenolic OH excluding ortho intramolecular Hbond substituents is 1. The predicted octanol–water partition coefficient (Wildman–Crippen LogP) is 4.32. The minimum atomic E-state index is 0.00768. The van der Waals surface area contributed by atoms with Crippen molar-refractivity contribution in [2.45, 2.75) is 51.6 Å². The van der Waals surface area contributed by atoms with Gasteiger partial charge in [0.2, 0.25) is 5.91 Å². The summed E-state index contributed by atoms with van der Waals surface area (Å²) in [4.78, 5) is 14.9. The molecular weight excluding hydrogens is 338 g/mol. The van der Waals surface area contributed by atoms with Crippen molar-refractivity contribution in [2.75, 3.05) is 13.1 Å². The van der Waals surface area contributed by atoms with Crippen molar-refractivity contribution in [1.29, 1.82) is 0 Å². The van der Waals surface area contributed by atoms with E-state index >= 15 is 0 Å². The Morgan fingerprint density at radius 2 is 1.96 bits per heavy atom.